The van der Waals surface area contributed by atoms with Gasteiger partial charge in [0.2, 0.25) is 5.91 Å². The summed E-state index contributed by atoms with van der Waals surface area (Å²) in [6, 6.07) is 11.3. The first-order valence-electron chi connectivity index (χ1n) is 8.92. The molecule has 0 aromatic heterocycles. The van der Waals surface area contributed by atoms with Crippen LogP contribution in [0.15, 0.2) is 48.5 Å². The molecule has 6 N–H and O–H groups in total. The summed E-state index contributed by atoms with van der Waals surface area (Å²) in [6.07, 6.45) is 0.352. The van der Waals surface area contributed by atoms with Gasteiger partial charge in [-0.05, 0) is 54.7 Å². The zero-order chi connectivity index (χ0) is 23.7. The third-order valence-corrected chi connectivity index (χ3v) is 5.06. The highest BCUT2D eigenvalue weighted by atomic mass is 32.2. The van der Waals surface area contributed by atoms with Crippen LogP contribution in [0.2, 0.25) is 0 Å². The van der Waals surface area contributed by atoms with Gasteiger partial charge in [0.1, 0.15) is 12.1 Å². The molecule has 2 aromatic rings. The fraction of sp³-hybridized carbons (Fsp3) is 0.167. The molecule has 0 saturated heterocycles. The van der Waals surface area contributed by atoms with Gasteiger partial charge in [0.25, 0.3) is 0 Å². The fourth-order valence-electron chi connectivity index (χ4n) is 2.42. The predicted octanol–water partition coefficient (Wildman–Crippen LogP) is 1.93. The number of halogens is 1. The molecule has 2 unspecified atom stereocenters. The topological polar surface area (TPSA) is 149 Å². The number of carbonyl (C=O) groups excluding carboxylic acids is 2. The van der Waals surface area contributed by atoms with Crippen LogP contribution in [0.4, 0.5) is 21.5 Å². The summed E-state index contributed by atoms with van der Waals surface area (Å²) < 4.78 is 45.4. The van der Waals surface area contributed by atoms with Crippen molar-refractivity contribution in [2.45, 2.75) is 11.8 Å². The molecule has 2 atom stereocenters. The quantitative estimate of drug-likeness (QED) is 0.0683. The highest BCUT2D eigenvalue weighted by Gasteiger charge is 2.21. The fourth-order valence-corrected chi connectivity index (χ4v) is 3.34. The lowest BCUT2D eigenvalue weighted by atomic mass is 10.1. The molecule has 0 spiro atoms. The normalized spacial score (nSPS) is 12.7. The van der Waals surface area contributed by atoms with Crippen molar-refractivity contribution in [2.75, 3.05) is 15.4 Å². The largest absolute Gasteiger partial charge is 0.373 e. The van der Waals surface area contributed by atoms with Gasteiger partial charge in [0.15, 0.2) is 5.11 Å². The van der Waals surface area contributed by atoms with E-state index in [1.165, 1.54) is 42.5 Å². The van der Waals surface area contributed by atoms with E-state index in [0.717, 1.165) is 0 Å². The van der Waals surface area contributed by atoms with Gasteiger partial charge in [-0.3, -0.25) is 24.9 Å². The summed E-state index contributed by atoms with van der Waals surface area (Å²) in [5.74, 6) is -1.81. The molecular weight excluding hydrogens is 481 g/mol. The minimum Gasteiger partial charge on any atom is -0.373 e. The van der Waals surface area contributed by atoms with Crippen LogP contribution in [0.5, 0.6) is 0 Å². The molecule has 32 heavy (non-hydrogen) atoms. The Morgan fingerprint density at radius 2 is 1.78 bits per heavy atom. The molecular formula is C18H20FN5O5S3. The van der Waals surface area contributed by atoms with Gasteiger partial charge in [-0.25, -0.2) is 4.39 Å². The zero-order valence-corrected chi connectivity index (χ0v) is 18.8. The number of anilines is 3. The second-order valence-electron chi connectivity index (χ2n) is 6.39. The van der Waals surface area contributed by atoms with Crippen LogP contribution in [0.1, 0.15) is 6.42 Å². The summed E-state index contributed by atoms with van der Waals surface area (Å²) >= 11 is 9.31. The van der Waals surface area contributed by atoms with E-state index in [9.17, 15) is 22.4 Å². The molecule has 0 radical (unpaired) electrons. The van der Waals surface area contributed by atoms with Gasteiger partial charge >= 0.3 is 10.3 Å². The second kappa shape index (κ2) is 11.6. The first-order chi connectivity index (χ1) is 15.1. The lowest BCUT2D eigenvalue weighted by molar-refractivity contribution is -0.124. The predicted molar refractivity (Wildman–Crippen MR) is 126 cm³/mol. The van der Waals surface area contributed by atoms with Crippen molar-refractivity contribution in [3.05, 3.63) is 54.3 Å². The van der Waals surface area contributed by atoms with E-state index in [1.807, 2.05) is 4.72 Å². The Morgan fingerprint density at radius 3 is 2.38 bits per heavy atom. The van der Waals surface area contributed by atoms with E-state index in [4.69, 9.17) is 16.8 Å². The van der Waals surface area contributed by atoms with Crippen LogP contribution in [-0.2, 0) is 19.9 Å². The minimum absolute atomic E-state index is 0.0192. The monoisotopic (exact) mass is 501 g/mol. The lowest BCUT2D eigenvalue weighted by Crippen LogP contribution is -2.45. The number of thiocarbonyl (C=S) groups is 1. The van der Waals surface area contributed by atoms with E-state index in [2.05, 4.69) is 34.1 Å². The number of nitrogens with one attached hydrogen (secondary N) is 5. The van der Waals surface area contributed by atoms with Gasteiger partial charge in [-0.1, -0.05) is 6.07 Å². The second-order valence-corrected chi connectivity index (χ2v) is 8.50. The maximum Gasteiger partial charge on any atom is 0.357 e. The van der Waals surface area contributed by atoms with Crippen molar-refractivity contribution >= 4 is 69.5 Å². The van der Waals surface area contributed by atoms with Crippen molar-refractivity contribution in [1.82, 2.24) is 10.9 Å². The Hall–Kier alpha value is -2.94. The lowest BCUT2D eigenvalue weighted by Gasteiger charge is -2.21. The van der Waals surface area contributed by atoms with Gasteiger partial charge < -0.3 is 15.4 Å². The summed E-state index contributed by atoms with van der Waals surface area (Å²) in [6.45, 7) is 0. The Morgan fingerprint density at radius 1 is 1.12 bits per heavy atom. The Labute approximate surface area is 194 Å². The molecule has 14 heteroatoms. The Balaban J connectivity index is 1.82. The molecule has 0 saturated carbocycles. The van der Waals surface area contributed by atoms with Crippen LogP contribution >= 0.6 is 24.8 Å². The van der Waals surface area contributed by atoms with Crippen LogP contribution in [0.25, 0.3) is 0 Å². The standard InChI is InChI=1S/C18H20FN5O5S3/c19-12-2-1-3-15(9-12)21-18(31)23-22-16(26)8-11(10-25)17(30)20-13-4-6-14(7-5-13)24-32(27,28)29/h1-7,9-11,17,20,24,30H,8H2,(H,22,26)(H2,21,23,31)(H,27,28,29). The number of hydrogen-bond acceptors (Lipinski definition) is 7. The van der Waals surface area contributed by atoms with Gasteiger partial charge in [0, 0.05) is 17.8 Å². The molecule has 0 fully saturated rings. The minimum atomic E-state index is -4.39. The smallest absolute Gasteiger partial charge is 0.357 e. The third-order valence-electron chi connectivity index (χ3n) is 3.85. The highest BCUT2D eigenvalue weighted by Crippen LogP contribution is 2.19. The Bertz CT molecular complexity index is 1070. The molecule has 2 rings (SSSR count). The first-order valence-corrected chi connectivity index (χ1v) is 11.3. The number of rotatable bonds is 9. The van der Waals surface area contributed by atoms with Gasteiger partial charge in [0.05, 0.1) is 17.0 Å². The van der Waals surface area contributed by atoms with E-state index in [-0.39, 0.29) is 17.2 Å². The molecule has 172 valence electrons. The zero-order valence-electron chi connectivity index (χ0n) is 16.3. The number of benzene rings is 2. The molecule has 0 heterocycles. The molecule has 0 bridgehead atoms. The molecule has 0 aliphatic heterocycles. The Kier molecular flexibility index (Phi) is 9.19. The first kappa shape index (κ1) is 25.3. The molecule has 2 aromatic carbocycles. The van der Waals surface area contributed by atoms with Gasteiger partial charge in [-0.2, -0.15) is 21.0 Å². The van der Waals surface area contributed by atoms with Crippen LogP contribution in [0.3, 0.4) is 0 Å². The van der Waals surface area contributed by atoms with Crippen molar-refractivity contribution in [3.63, 3.8) is 0 Å². The third kappa shape index (κ3) is 9.05. The number of hydrazine groups is 1. The number of hydrogen-bond donors (Lipinski definition) is 7. The summed E-state index contributed by atoms with van der Waals surface area (Å²) in [5, 5.41) is 4.88. The van der Waals surface area contributed by atoms with E-state index in [0.29, 0.717) is 17.7 Å². The van der Waals surface area contributed by atoms with E-state index in [1.54, 1.807) is 6.07 Å². The summed E-state index contributed by atoms with van der Waals surface area (Å²) in [5.41, 5.74) is 5.81. The number of carbonyl (C=O) groups is 2. The molecule has 0 aliphatic rings. The van der Waals surface area contributed by atoms with Crippen LogP contribution in [0, 0.1) is 11.7 Å². The van der Waals surface area contributed by atoms with Crippen molar-refractivity contribution in [3.8, 4) is 0 Å². The summed E-state index contributed by atoms with van der Waals surface area (Å²) in [4.78, 5) is 23.6. The maximum absolute atomic E-state index is 13.2. The molecule has 0 aliphatic carbocycles. The van der Waals surface area contributed by atoms with Gasteiger partial charge in [-0.15, -0.1) is 0 Å². The average molecular weight is 502 g/mol. The number of amides is 1. The van der Waals surface area contributed by atoms with Crippen molar-refractivity contribution < 1.29 is 27.0 Å². The SMILES string of the molecule is O=CC(CC(=O)NNC(=S)Nc1cccc(F)c1)C(S)Nc1ccc(NS(=O)(=O)O)cc1. The summed E-state index contributed by atoms with van der Waals surface area (Å²) in [7, 11) is -4.39. The van der Waals surface area contributed by atoms with Crippen LogP contribution in [-0.4, -0.2) is 35.7 Å². The maximum atomic E-state index is 13.2. The molecule has 1 amide bonds. The number of aldehydes is 1. The van der Waals surface area contributed by atoms with Crippen LogP contribution < -0.4 is 26.2 Å². The molecule has 10 nitrogen and oxygen atoms in total. The van der Waals surface area contributed by atoms with Crippen molar-refractivity contribution in [1.29, 1.82) is 0 Å². The van der Waals surface area contributed by atoms with Crippen molar-refractivity contribution in [2.24, 2.45) is 5.92 Å². The number of thiol groups is 1. The highest BCUT2D eigenvalue weighted by molar-refractivity contribution is 7.87. The van der Waals surface area contributed by atoms with E-state index < -0.39 is 33.3 Å². The van der Waals surface area contributed by atoms with E-state index >= 15 is 0 Å². The average Bonchev–Trinajstić information content (AvgIpc) is 2.71.